The number of pyridine rings is 1. The predicted octanol–water partition coefficient (Wildman–Crippen LogP) is 2.08. The van der Waals surface area contributed by atoms with Crippen LogP contribution in [0.5, 0.6) is 5.75 Å². The minimum absolute atomic E-state index is 0.157. The van der Waals surface area contributed by atoms with Gasteiger partial charge in [-0.3, -0.25) is 4.79 Å². The number of nitriles is 1. The molecule has 13 heteroatoms. The zero-order chi connectivity index (χ0) is 25.2. The minimum atomic E-state index is -1.30. The standard InChI is InChI=1S/C21H22N4O9/c1-12(33-24(28)29)8-17(34-25(30)31)14-5-7-18(26)23(11-14)19-15-9-13(10-22)4-6-16(15)32-21(2,3)20(19)27/h4-7,9,11-12,17,19-20,27H,8H2,1-3H3. The van der Waals surface area contributed by atoms with Crippen molar-refractivity contribution >= 4 is 0 Å². The molecule has 0 radical (unpaired) electrons. The molecule has 13 nitrogen and oxygen atoms in total. The van der Waals surface area contributed by atoms with Crippen molar-refractivity contribution in [3.63, 3.8) is 0 Å². The molecule has 1 aliphatic rings. The first-order valence-corrected chi connectivity index (χ1v) is 10.2. The van der Waals surface area contributed by atoms with Crippen LogP contribution in [0.3, 0.4) is 0 Å². The van der Waals surface area contributed by atoms with Crippen molar-refractivity contribution in [2.45, 2.75) is 57.1 Å². The molecular formula is C21H22N4O9. The van der Waals surface area contributed by atoms with Crippen molar-refractivity contribution in [1.29, 1.82) is 5.26 Å². The van der Waals surface area contributed by atoms with Crippen LogP contribution in [0.25, 0.3) is 0 Å². The molecule has 0 amide bonds. The van der Waals surface area contributed by atoms with Crippen molar-refractivity contribution in [3.05, 3.63) is 83.8 Å². The number of rotatable bonds is 8. The lowest BCUT2D eigenvalue weighted by molar-refractivity contribution is -0.780. The van der Waals surface area contributed by atoms with Gasteiger partial charge in [0.2, 0.25) is 0 Å². The summed E-state index contributed by atoms with van der Waals surface area (Å²) in [6, 6.07) is 8.06. The largest absolute Gasteiger partial charge is 0.485 e. The van der Waals surface area contributed by atoms with E-state index in [1.807, 2.05) is 6.07 Å². The second kappa shape index (κ2) is 9.36. The quantitative estimate of drug-likeness (QED) is 0.439. The van der Waals surface area contributed by atoms with E-state index < -0.39 is 45.7 Å². The summed E-state index contributed by atoms with van der Waals surface area (Å²) in [6.07, 6.45) is -2.57. The highest BCUT2D eigenvalue weighted by Gasteiger charge is 2.44. The number of nitrogens with zero attached hydrogens (tertiary/aromatic N) is 4. The van der Waals surface area contributed by atoms with Gasteiger partial charge in [0, 0.05) is 24.2 Å². The number of aliphatic hydroxyl groups is 1. The van der Waals surface area contributed by atoms with Gasteiger partial charge in [0.25, 0.3) is 15.7 Å². The molecule has 1 N–H and O–H groups in total. The van der Waals surface area contributed by atoms with Gasteiger partial charge in [0.05, 0.1) is 17.7 Å². The van der Waals surface area contributed by atoms with E-state index in [4.69, 9.17) is 9.57 Å². The van der Waals surface area contributed by atoms with E-state index in [9.17, 15) is 35.4 Å². The molecule has 1 aromatic carbocycles. The Morgan fingerprint density at radius 2 is 1.91 bits per heavy atom. The van der Waals surface area contributed by atoms with Crippen LogP contribution in [0.15, 0.2) is 41.3 Å². The van der Waals surface area contributed by atoms with Crippen LogP contribution in [-0.4, -0.2) is 37.7 Å². The van der Waals surface area contributed by atoms with E-state index in [1.165, 1.54) is 29.8 Å². The maximum atomic E-state index is 12.9. The van der Waals surface area contributed by atoms with Crippen LogP contribution < -0.4 is 10.3 Å². The zero-order valence-corrected chi connectivity index (χ0v) is 18.5. The number of hydrogen-bond donors (Lipinski definition) is 1. The molecule has 180 valence electrons. The van der Waals surface area contributed by atoms with E-state index in [-0.39, 0.29) is 17.5 Å². The Hall–Kier alpha value is -4.18. The molecule has 1 aliphatic heterocycles. The fraction of sp³-hybridized carbons (Fsp3) is 0.429. The van der Waals surface area contributed by atoms with Crippen molar-refractivity contribution in [3.8, 4) is 11.8 Å². The number of benzene rings is 1. The summed E-state index contributed by atoms with van der Waals surface area (Å²) in [6.45, 7) is 4.62. The van der Waals surface area contributed by atoms with Crippen molar-refractivity contribution in [2.24, 2.45) is 0 Å². The van der Waals surface area contributed by atoms with Gasteiger partial charge in [-0.15, -0.1) is 20.2 Å². The number of aromatic nitrogens is 1. The molecule has 3 rings (SSSR count). The lowest BCUT2D eigenvalue weighted by Crippen LogP contribution is -2.52. The average molecular weight is 474 g/mol. The van der Waals surface area contributed by atoms with Crippen molar-refractivity contribution in [2.75, 3.05) is 0 Å². The van der Waals surface area contributed by atoms with Crippen LogP contribution in [0, 0.1) is 31.6 Å². The molecule has 0 saturated carbocycles. The summed E-state index contributed by atoms with van der Waals surface area (Å²) in [5.41, 5.74) is -0.838. The number of aliphatic hydroxyl groups excluding tert-OH is 1. The van der Waals surface area contributed by atoms with Gasteiger partial charge in [0.1, 0.15) is 29.7 Å². The molecule has 0 spiro atoms. The predicted molar refractivity (Wildman–Crippen MR) is 114 cm³/mol. The summed E-state index contributed by atoms with van der Waals surface area (Å²) in [5, 5.41) is 40.0. The van der Waals surface area contributed by atoms with E-state index >= 15 is 0 Å². The fourth-order valence-electron chi connectivity index (χ4n) is 3.90. The van der Waals surface area contributed by atoms with Crippen LogP contribution in [-0.2, 0) is 9.68 Å². The molecular weight excluding hydrogens is 452 g/mol. The van der Waals surface area contributed by atoms with Crippen LogP contribution in [0.1, 0.15) is 56.0 Å². The molecule has 4 unspecified atom stereocenters. The molecule has 4 atom stereocenters. The molecule has 2 heterocycles. The summed E-state index contributed by atoms with van der Waals surface area (Å²) in [5.74, 6) is 0.364. The first-order valence-electron chi connectivity index (χ1n) is 10.2. The Balaban J connectivity index is 2.12. The van der Waals surface area contributed by atoms with Crippen LogP contribution in [0.2, 0.25) is 0 Å². The highest BCUT2D eigenvalue weighted by Crippen LogP contribution is 2.42. The van der Waals surface area contributed by atoms with Crippen molar-refractivity contribution in [1.82, 2.24) is 4.57 Å². The molecule has 0 saturated heterocycles. The minimum Gasteiger partial charge on any atom is -0.485 e. The summed E-state index contributed by atoms with van der Waals surface area (Å²) >= 11 is 0. The highest BCUT2D eigenvalue weighted by atomic mass is 17.0. The summed E-state index contributed by atoms with van der Waals surface area (Å²) in [7, 11) is 0. The number of hydrogen-bond acceptors (Lipinski definition) is 10. The Bertz CT molecular complexity index is 1200. The maximum Gasteiger partial charge on any atom is 0.295 e. The third-order valence-corrected chi connectivity index (χ3v) is 5.50. The third kappa shape index (κ3) is 5.07. The molecule has 0 aliphatic carbocycles. The third-order valence-electron chi connectivity index (χ3n) is 5.50. The SMILES string of the molecule is CC(CC(O[N+](=O)[O-])c1ccc(=O)n(C2c3cc(C#N)ccc3OC(C)(C)C2O)c1)O[N+](=O)[O-]. The first-order chi connectivity index (χ1) is 15.9. The fourth-order valence-corrected chi connectivity index (χ4v) is 3.90. The first kappa shape index (κ1) is 24.5. The van der Waals surface area contributed by atoms with Crippen LogP contribution in [0.4, 0.5) is 0 Å². The van der Waals surface area contributed by atoms with Gasteiger partial charge < -0.3 is 24.1 Å². The van der Waals surface area contributed by atoms with Gasteiger partial charge in [0.15, 0.2) is 0 Å². The lowest BCUT2D eigenvalue weighted by atomic mass is 9.85. The molecule has 0 fully saturated rings. The zero-order valence-electron chi connectivity index (χ0n) is 18.5. The van der Waals surface area contributed by atoms with E-state index in [0.717, 1.165) is 6.07 Å². The van der Waals surface area contributed by atoms with E-state index in [1.54, 1.807) is 26.0 Å². The Labute approximate surface area is 192 Å². The smallest absolute Gasteiger partial charge is 0.295 e. The van der Waals surface area contributed by atoms with Gasteiger partial charge in [-0.2, -0.15) is 5.26 Å². The second-order valence-corrected chi connectivity index (χ2v) is 8.36. The monoisotopic (exact) mass is 474 g/mol. The van der Waals surface area contributed by atoms with Gasteiger partial charge >= 0.3 is 0 Å². The second-order valence-electron chi connectivity index (χ2n) is 8.36. The maximum absolute atomic E-state index is 12.9. The van der Waals surface area contributed by atoms with E-state index in [0.29, 0.717) is 11.3 Å². The Morgan fingerprint density at radius 3 is 2.53 bits per heavy atom. The molecule has 0 bridgehead atoms. The average Bonchev–Trinajstić information content (AvgIpc) is 2.73. The van der Waals surface area contributed by atoms with Gasteiger partial charge in [-0.1, -0.05) is 0 Å². The number of ether oxygens (including phenoxy) is 1. The topological polar surface area (TPSA) is 180 Å². The highest BCUT2D eigenvalue weighted by molar-refractivity contribution is 5.47. The number of fused-ring (bicyclic) bond motifs is 1. The molecule has 1 aromatic heterocycles. The van der Waals surface area contributed by atoms with Crippen molar-refractivity contribution < 1.29 is 29.7 Å². The van der Waals surface area contributed by atoms with E-state index in [2.05, 4.69) is 4.84 Å². The Morgan fingerprint density at radius 1 is 1.24 bits per heavy atom. The summed E-state index contributed by atoms with van der Waals surface area (Å²) < 4.78 is 7.05. The van der Waals surface area contributed by atoms with Crippen LogP contribution >= 0.6 is 0 Å². The summed E-state index contributed by atoms with van der Waals surface area (Å²) in [4.78, 5) is 43.7. The lowest BCUT2D eigenvalue weighted by Gasteiger charge is -2.42. The van der Waals surface area contributed by atoms with Gasteiger partial charge in [-0.05, 0) is 50.6 Å². The Kier molecular flexibility index (Phi) is 6.73. The molecule has 34 heavy (non-hydrogen) atoms. The molecule has 2 aromatic rings. The van der Waals surface area contributed by atoms with Gasteiger partial charge in [-0.25, -0.2) is 0 Å². The normalized spacial score (nSPS) is 20.1.